The molecule has 4 fully saturated rings. The Labute approximate surface area is 397 Å². The minimum Gasteiger partial charge on any atom is -0.381 e. The van der Waals surface area contributed by atoms with E-state index in [1.165, 1.54) is 12.5 Å². The molecule has 0 radical (unpaired) electrons. The summed E-state index contributed by atoms with van der Waals surface area (Å²) >= 11 is 0. The zero-order valence-corrected chi connectivity index (χ0v) is 41.2. The van der Waals surface area contributed by atoms with Gasteiger partial charge in [0.25, 0.3) is 0 Å². The predicted molar refractivity (Wildman–Crippen MR) is 265 cm³/mol. The van der Waals surface area contributed by atoms with Crippen molar-refractivity contribution < 1.29 is 27.4 Å². The van der Waals surface area contributed by atoms with Gasteiger partial charge in [-0.05, 0) is 63.8 Å². The molecule has 68 heavy (non-hydrogen) atoms. The Bertz CT molecular complexity index is 2800. The van der Waals surface area contributed by atoms with E-state index in [-0.39, 0.29) is 12.1 Å². The number of ether oxygens (including phenoxy) is 4. The topological polar surface area (TPSA) is 236 Å². The molecule has 364 valence electrons. The van der Waals surface area contributed by atoms with E-state index in [1.54, 1.807) is 0 Å². The molecule has 0 saturated carbocycles. The van der Waals surface area contributed by atoms with Gasteiger partial charge in [0.05, 0.1) is 91.4 Å². The fourth-order valence-electron chi connectivity index (χ4n) is 9.83. The van der Waals surface area contributed by atoms with Crippen LogP contribution in [0.25, 0.3) is 34.0 Å². The maximum absolute atomic E-state index is 13.4. The predicted octanol–water partition coefficient (Wildman–Crippen LogP) is 5.53. The summed E-state index contributed by atoms with van der Waals surface area (Å²) in [6.45, 7) is 9.80. The molecule has 4 saturated heterocycles. The Morgan fingerprint density at radius 1 is 0.574 bits per heavy atom. The fourth-order valence-corrected chi connectivity index (χ4v) is 12.7. The molecule has 2 aromatic carbocycles. The first-order valence-electron chi connectivity index (χ1n) is 23.1. The van der Waals surface area contributed by atoms with Crippen LogP contribution in [-0.4, -0.2) is 152 Å². The molecule has 6 aromatic rings. The monoisotopic (exact) mass is 970 g/mol. The molecule has 0 aliphatic carbocycles. The first kappa shape index (κ1) is 47.5. The molecule has 4 aliphatic heterocycles. The summed E-state index contributed by atoms with van der Waals surface area (Å²) in [5.74, 6) is 3.60. The average molecular weight is 971 g/mol. The Balaban J connectivity index is 0.000000170. The highest BCUT2D eigenvalue weighted by Crippen LogP contribution is 2.43. The number of anilines is 4. The number of benzene rings is 2. The van der Waals surface area contributed by atoms with Crippen LogP contribution in [0.4, 0.5) is 23.5 Å². The van der Waals surface area contributed by atoms with Crippen molar-refractivity contribution in [1.29, 1.82) is 9.56 Å². The van der Waals surface area contributed by atoms with Crippen LogP contribution in [0.3, 0.4) is 0 Å². The molecule has 4 atom stereocenters. The molecule has 10 rings (SSSR count). The molecular formula is C46H62N14O6S2. The minimum absolute atomic E-state index is 0.125. The summed E-state index contributed by atoms with van der Waals surface area (Å²) in [7, 11) is -2.37. The van der Waals surface area contributed by atoms with E-state index in [0.29, 0.717) is 127 Å². The molecule has 0 amide bonds. The Hall–Kier alpha value is -5.52. The van der Waals surface area contributed by atoms with E-state index in [0.717, 1.165) is 33.7 Å². The van der Waals surface area contributed by atoms with Gasteiger partial charge >= 0.3 is 0 Å². The van der Waals surface area contributed by atoms with Crippen molar-refractivity contribution in [1.82, 2.24) is 39.0 Å². The molecular weight excluding hydrogens is 909 g/mol. The summed E-state index contributed by atoms with van der Waals surface area (Å²) in [5.41, 5.74) is 4.63. The van der Waals surface area contributed by atoms with Gasteiger partial charge < -0.3 is 39.4 Å². The average Bonchev–Trinajstić information content (AvgIpc) is 3.93. The SMILES string of the molecule is CNc1nc2ccccc2n1-c1nc(N2CCOC[C@H]2C)cc(C2([S@@](C)(=N)=O)CCOCC2)n1.CNc1nc2ccccc2n1-c1nc(N2CCOC[C@H]2C)cc(C2([S@](C)(=N)=O)CCOCC2)n1. The summed E-state index contributed by atoms with van der Waals surface area (Å²) < 4.78 is 68.7. The third-order valence-corrected chi connectivity index (χ3v) is 17.9. The van der Waals surface area contributed by atoms with Crippen LogP contribution in [0, 0.1) is 9.56 Å². The van der Waals surface area contributed by atoms with E-state index < -0.39 is 29.0 Å². The number of fused-ring (bicyclic) bond motifs is 2. The maximum Gasteiger partial charge on any atom is 0.239 e. The van der Waals surface area contributed by atoms with Crippen LogP contribution in [0.5, 0.6) is 0 Å². The lowest BCUT2D eigenvalue weighted by atomic mass is 9.94. The quantitative estimate of drug-likeness (QED) is 0.132. The van der Waals surface area contributed by atoms with Crippen molar-refractivity contribution >= 4 is 65.1 Å². The van der Waals surface area contributed by atoms with Gasteiger partial charge in [-0.2, -0.15) is 9.97 Å². The highest BCUT2D eigenvalue weighted by Gasteiger charge is 2.45. The summed E-state index contributed by atoms with van der Waals surface area (Å²) in [5, 5.41) is 6.31. The van der Waals surface area contributed by atoms with E-state index in [4.69, 9.17) is 58.4 Å². The molecule has 20 nitrogen and oxygen atoms in total. The van der Waals surface area contributed by atoms with Crippen LogP contribution >= 0.6 is 0 Å². The highest BCUT2D eigenvalue weighted by molar-refractivity contribution is 7.93. The van der Waals surface area contributed by atoms with Crippen molar-refractivity contribution in [3.8, 4) is 11.9 Å². The third kappa shape index (κ3) is 8.74. The van der Waals surface area contributed by atoms with Gasteiger partial charge in [0.15, 0.2) is 0 Å². The summed E-state index contributed by atoms with van der Waals surface area (Å²) in [6.07, 6.45) is 4.94. The van der Waals surface area contributed by atoms with Gasteiger partial charge in [0, 0.05) is 78.3 Å². The Morgan fingerprint density at radius 3 is 1.31 bits per heavy atom. The van der Waals surface area contributed by atoms with Crippen LogP contribution in [0.1, 0.15) is 50.9 Å². The minimum atomic E-state index is -3.00. The van der Waals surface area contributed by atoms with Gasteiger partial charge in [0.2, 0.25) is 23.8 Å². The number of nitrogens with zero attached hydrogens (tertiary/aromatic N) is 10. The standard InChI is InChI=1S/2C23H31N7O3S/c2*1-16-15-33-13-10-29(16)20-14-19(23(34(3,24)31)8-11-32-12-9-23)27-22(28-20)30-18-7-5-4-6-17(18)26-21(30)25-2/h2*4-7,14,16,24H,8-13,15H2,1-3H3,(H,25,26)/t16-,34+;16-,34-/m11/s1. The molecule has 8 heterocycles. The van der Waals surface area contributed by atoms with Crippen molar-refractivity contribution in [2.75, 3.05) is 113 Å². The Morgan fingerprint density at radius 2 is 0.956 bits per heavy atom. The molecule has 0 bridgehead atoms. The number of hydrogen-bond donors (Lipinski definition) is 4. The highest BCUT2D eigenvalue weighted by atomic mass is 32.2. The number of morpholine rings is 2. The molecule has 4 aliphatic rings. The summed E-state index contributed by atoms with van der Waals surface area (Å²) in [6, 6.07) is 19.8. The number of para-hydroxylation sites is 4. The summed E-state index contributed by atoms with van der Waals surface area (Å²) in [4.78, 5) is 33.7. The smallest absolute Gasteiger partial charge is 0.239 e. The largest absolute Gasteiger partial charge is 0.381 e. The zero-order chi connectivity index (χ0) is 47.8. The Kier molecular flexibility index (Phi) is 13.4. The molecule has 22 heteroatoms. The maximum atomic E-state index is 13.4. The lowest BCUT2D eigenvalue weighted by Crippen LogP contribution is -2.45. The lowest BCUT2D eigenvalue weighted by Gasteiger charge is -2.38. The third-order valence-electron chi connectivity index (χ3n) is 13.7. The van der Waals surface area contributed by atoms with Crippen LogP contribution in [0.15, 0.2) is 60.7 Å². The number of nitrogens with one attached hydrogen (secondary N) is 4. The van der Waals surface area contributed by atoms with Gasteiger partial charge in [-0.1, -0.05) is 24.3 Å². The van der Waals surface area contributed by atoms with Gasteiger partial charge in [-0.15, -0.1) is 0 Å². The molecule has 4 aromatic heterocycles. The lowest BCUT2D eigenvalue weighted by molar-refractivity contribution is 0.0739. The number of hydrogen-bond acceptors (Lipinski definition) is 18. The second-order valence-electron chi connectivity index (χ2n) is 18.0. The van der Waals surface area contributed by atoms with Gasteiger partial charge in [0.1, 0.15) is 21.1 Å². The number of imidazole rings is 2. The van der Waals surface area contributed by atoms with Gasteiger partial charge in [-0.25, -0.2) is 37.5 Å². The normalized spacial score (nSPS) is 22.4. The number of rotatable bonds is 10. The number of aromatic nitrogens is 8. The molecule has 4 N–H and O–H groups in total. The fraction of sp³-hybridized carbons (Fsp3) is 0.522. The van der Waals surface area contributed by atoms with Gasteiger partial charge in [-0.3, -0.25) is 9.56 Å². The van der Waals surface area contributed by atoms with Crippen LogP contribution in [0.2, 0.25) is 0 Å². The first-order valence-corrected chi connectivity index (χ1v) is 27.0. The van der Waals surface area contributed by atoms with Crippen molar-refractivity contribution in [2.24, 2.45) is 0 Å². The van der Waals surface area contributed by atoms with Crippen LogP contribution in [-0.2, 0) is 47.9 Å². The second kappa shape index (κ2) is 19.1. The van der Waals surface area contributed by atoms with Crippen molar-refractivity contribution in [3.05, 3.63) is 72.1 Å². The van der Waals surface area contributed by atoms with Crippen LogP contribution < -0.4 is 20.4 Å². The van der Waals surface area contributed by atoms with E-state index in [2.05, 4.69) is 34.3 Å². The van der Waals surface area contributed by atoms with E-state index >= 15 is 0 Å². The first-order chi connectivity index (χ1) is 32.7. The van der Waals surface area contributed by atoms with E-state index in [9.17, 15) is 8.42 Å². The van der Waals surface area contributed by atoms with Crippen molar-refractivity contribution in [3.63, 3.8) is 0 Å². The second-order valence-corrected chi connectivity index (χ2v) is 22.9. The molecule has 0 spiro atoms. The van der Waals surface area contributed by atoms with E-state index in [1.807, 2.05) is 83.9 Å². The zero-order valence-electron chi connectivity index (χ0n) is 39.6. The molecule has 0 unspecified atom stereocenters. The van der Waals surface area contributed by atoms with Crippen molar-refractivity contribution in [2.45, 2.75) is 61.1 Å².